The predicted molar refractivity (Wildman–Crippen MR) is 239 cm³/mol. The zero-order chi connectivity index (χ0) is 38.8. The summed E-state index contributed by atoms with van der Waals surface area (Å²) in [6.07, 6.45) is 0. The predicted octanol–water partition coefficient (Wildman–Crippen LogP) is 13.6. The minimum Gasteiger partial charge on any atom is -0.277 e. The zero-order valence-electron chi connectivity index (χ0n) is 32.3. The summed E-state index contributed by atoms with van der Waals surface area (Å²) >= 11 is 0. The van der Waals surface area contributed by atoms with Crippen LogP contribution in [0.4, 0.5) is 0 Å². The van der Waals surface area contributed by atoms with Crippen molar-refractivity contribution in [1.29, 1.82) is 0 Å². The summed E-state index contributed by atoms with van der Waals surface area (Å²) in [6, 6.07) is 69.0. The number of benzene rings is 8. The molecule has 8 aromatic carbocycles. The average Bonchev–Trinajstić information content (AvgIpc) is 3.75. The maximum Gasteiger partial charge on any atom is 0.238 e. The van der Waals surface area contributed by atoms with E-state index in [1.165, 1.54) is 38.9 Å². The molecule has 2 heterocycles. The van der Waals surface area contributed by atoms with Gasteiger partial charge in [0.15, 0.2) is 11.6 Å². The maximum absolute atomic E-state index is 5.31. The minimum absolute atomic E-state index is 0.0992. The van der Waals surface area contributed by atoms with E-state index in [0.717, 1.165) is 49.6 Å². The molecule has 1 aliphatic carbocycles. The Morgan fingerprint density at radius 1 is 0.362 bits per heavy atom. The molecule has 0 N–H and O–H groups in total. The van der Waals surface area contributed by atoms with Gasteiger partial charge in [0.05, 0.1) is 11.0 Å². The van der Waals surface area contributed by atoms with Crippen LogP contribution in [0.25, 0.3) is 95.0 Å². The normalized spacial score (nSPS) is 12.8. The summed E-state index contributed by atoms with van der Waals surface area (Å²) in [5.74, 6) is 1.82. The van der Waals surface area contributed by atoms with Gasteiger partial charge in [-0.05, 0) is 62.2 Å². The SMILES string of the molecule is CC1(C)c2ccccc2-c2ccc(-c3ccccc3-c3cccc4c5ccccc5n(-c5nc(-c6ccccc6)nc(-c6ccc(-c7ccccc7)cc6)n5)c34)cc21. The smallest absolute Gasteiger partial charge is 0.238 e. The summed E-state index contributed by atoms with van der Waals surface area (Å²) in [4.78, 5) is 15.7. The highest BCUT2D eigenvalue weighted by Gasteiger charge is 2.35. The van der Waals surface area contributed by atoms with Gasteiger partial charge < -0.3 is 0 Å². The van der Waals surface area contributed by atoms with Gasteiger partial charge >= 0.3 is 0 Å². The van der Waals surface area contributed by atoms with E-state index >= 15 is 0 Å². The molecule has 0 unspecified atom stereocenters. The first kappa shape index (κ1) is 33.9. The van der Waals surface area contributed by atoms with E-state index in [1.54, 1.807) is 0 Å². The third-order valence-corrected chi connectivity index (χ3v) is 11.9. The molecule has 10 aromatic rings. The van der Waals surface area contributed by atoms with E-state index < -0.39 is 0 Å². The molecule has 4 nitrogen and oxygen atoms in total. The Labute approximate surface area is 337 Å². The molecule has 0 bridgehead atoms. The fourth-order valence-electron chi connectivity index (χ4n) is 9.04. The highest BCUT2D eigenvalue weighted by molar-refractivity contribution is 6.14. The van der Waals surface area contributed by atoms with Gasteiger partial charge in [-0.2, -0.15) is 9.97 Å². The Morgan fingerprint density at radius 3 is 1.64 bits per heavy atom. The second kappa shape index (κ2) is 13.4. The Kier molecular flexibility index (Phi) is 7.80. The number of rotatable bonds is 6. The average molecular weight is 743 g/mol. The fraction of sp³-hybridized carbons (Fsp3) is 0.0556. The van der Waals surface area contributed by atoms with Gasteiger partial charge in [0.1, 0.15) is 0 Å². The molecule has 58 heavy (non-hydrogen) atoms. The molecular weight excluding hydrogens is 705 g/mol. The number of hydrogen-bond acceptors (Lipinski definition) is 3. The molecule has 11 rings (SSSR count). The molecule has 0 amide bonds. The lowest BCUT2D eigenvalue weighted by molar-refractivity contribution is 0.660. The second-order valence-corrected chi connectivity index (χ2v) is 15.6. The van der Waals surface area contributed by atoms with Crippen LogP contribution in [0.2, 0.25) is 0 Å². The molecule has 1 aliphatic rings. The lowest BCUT2D eigenvalue weighted by Gasteiger charge is -2.22. The summed E-state index contributed by atoms with van der Waals surface area (Å²) < 4.78 is 2.25. The minimum atomic E-state index is -0.0992. The van der Waals surface area contributed by atoms with E-state index in [4.69, 9.17) is 15.0 Å². The molecule has 0 fully saturated rings. The molecular formula is C54H38N4. The Bertz CT molecular complexity index is 3180. The Balaban J connectivity index is 1.13. The molecule has 0 spiro atoms. The van der Waals surface area contributed by atoms with Crippen LogP contribution in [-0.2, 0) is 5.41 Å². The van der Waals surface area contributed by atoms with Crippen molar-refractivity contribution in [3.8, 4) is 73.2 Å². The van der Waals surface area contributed by atoms with Gasteiger partial charge in [0.2, 0.25) is 5.95 Å². The molecule has 0 aliphatic heterocycles. The molecule has 2 aromatic heterocycles. The number of fused-ring (bicyclic) bond motifs is 6. The van der Waals surface area contributed by atoms with Crippen LogP contribution in [0, 0.1) is 0 Å². The fourth-order valence-corrected chi connectivity index (χ4v) is 9.04. The summed E-state index contributed by atoms with van der Waals surface area (Å²) in [6.45, 7) is 4.69. The molecule has 0 atom stereocenters. The lowest BCUT2D eigenvalue weighted by Crippen LogP contribution is -2.14. The van der Waals surface area contributed by atoms with Crippen LogP contribution in [0.15, 0.2) is 194 Å². The van der Waals surface area contributed by atoms with Gasteiger partial charge in [-0.3, -0.25) is 4.57 Å². The van der Waals surface area contributed by atoms with Crippen molar-refractivity contribution in [2.75, 3.05) is 0 Å². The van der Waals surface area contributed by atoms with Crippen LogP contribution in [0.1, 0.15) is 25.0 Å². The monoisotopic (exact) mass is 742 g/mol. The van der Waals surface area contributed by atoms with Crippen LogP contribution in [-0.4, -0.2) is 19.5 Å². The third kappa shape index (κ3) is 5.41. The van der Waals surface area contributed by atoms with Crippen LogP contribution in [0.3, 0.4) is 0 Å². The van der Waals surface area contributed by atoms with Crippen molar-refractivity contribution in [3.63, 3.8) is 0 Å². The van der Waals surface area contributed by atoms with Crippen LogP contribution in [0.5, 0.6) is 0 Å². The van der Waals surface area contributed by atoms with Crippen molar-refractivity contribution in [1.82, 2.24) is 19.5 Å². The van der Waals surface area contributed by atoms with E-state index in [0.29, 0.717) is 17.6 Å². The number of aromatic nitrogens is 4. The summed E-state index contributed by atoms with van der Waals surface area (Å²) in [7, 11) is 0. The number of para-hydroxylation sites is 2. The van der Waals surface area contributed by atoms with Gasteiger partial charge in [0, 0.05) is 32.9 Å². The van der Waals surface area contributed by atoms with Crippen molar-refractivity contribution in [3.05, 3.63) is 205 Å². The molecule has 274 valence electrons. The molecule has 0 saturated carbocycles. The van der Waals surface area contributed by atoms with E-state index in [2.05, 4.69) is 188 Å². The first-order valence-corrected chi connectivity index (χ1v) is 19.9. The lowest BCUT2D eigenvalue weighted by atomic mass is 9.81. The van der Waals surface area contributed by atoms with Gasteiger partial charge in [0.25, 0.3) is 0 Å². The summed E-state index contributed by atoms with van der Waals surface area (Å²) in [5.41, 5.74) is 16.2. The highest BCUT2D eigenvalue weighted by atomic mass is 15.2. The second-order valence-electron chi connectivity index (χ2n) is 15.6. The van der Waals surface area contributed by atoms with E-state index in [1.807, 2.05) is 24.3 Å². The Hall–Kier alpha value is -7.43. The van der Waals surface area contributed by atoms with Crippen molar-refractivity contribution < 1.29 is 0 Å². The first-order valence-electron chi connectivity index (χ1n) is 19.9. The maximum atomic E-state index is 5.31. The van der Waals surface area contributed by atoms with Crippen LogP contribution >= 0.6 is 0 Å². The van der Waals surface area contributed by atoms with Crippen molar-refractivity contribution in [2.24, 2.45) is 0 Å². The standard InChI is InChI=1S/C54H38N4/c1-54(2)47-26-13-11-22-42(47)43-33-32-39(34-48(43)54)40-20-9-10-21-41(40)45-24-15-25-46-44-23-12-14-27-49(44)58(50(45)46)53-56-51(37-18-7-4-8-19-37)55-52(57-53)38-30-28-36(29-31-38)35-16-5-3-6-17-35/h3-34H,1-2H3. The highest BCUT2D eigenvalue weighted by Crippen LogP contribution is 2.50. The number of nitrogens with zero attached hydrogens (tertiary/aromatic N) is 4. The Morgan fingerprint density at radius 2 is 0.879 bits per heavy atom. The first-order chi connectivity index (χ1) is 28.5. The molecule has 0 radical (unpaired) electrons. The van der Waals surface area contributed by atoms with E-state index in [9.17, 15) is 0 Å². The zero-order valence-corrected chi connectivity index (χ0v) is 32.3. The summed E-state index contributed by atoms with van der Waals surface area (Å²) in [5, 5.41) is 2.29. The van der Waals surface area contributed by atoms with Gasteiger partial charge in [-0.1, -0.05) is 196 Å². The van der Waals surface area contributed by atoms with Crippen LogP contribution < -0.4 is 0 Å². The quantitative estimate of drug-likeness (QED) is 0.170. The molecule has 4 heteroatoms. The van der Waals surface area contributed by atoms with Gasteiger partial charge in [-0.15, -0.1) is 0 Å². The molecule has 0 saturated heterocycles. The third-order valence-electron chi connectivity index (χ3n) is 11.9. The van der Waals surface area contributed by atoms with Crippen molar-refractivity contribution in [2.45, 2.75) is 19.3 Å². The topological polar surface area (TPSA) is 43.6 Å². The largest absolute Gasteiger partial charge is 0.277 e. The van der Waals surface area contributed by atoms with E-state index in [-0.39, 0.29) is 5.41 Å². The van der Waals surface area contributed by atoms with Crippen molar-refractivity contribution >= 4 is 21.8 Å². The van der Waals surface area contributed by atoms with Gasteiger partial charge in [-0.25, -0.2) is 4.98 Å². The number of hydrogen-bond donors (Lipinski definition) is 0.